The zero-order valence-electron chi connectivity index (χ0n) is 8.84. The lowest BCUT2D eigenvalue weighted by Crippen LogP contribution is -2.06. The lowest BCUT2D eigenvalue weighted by atomic mass is 9.97. The Kier molecular flexibility index (Phi) is 7.58. The predicted octanol–water partition coefficient (Wildman–Crippen LogP) is 3.36. The van der Waals surface area contributed by atoms with Gasteiger partial charge in [-0.3, -0.25) is 0 Å². The molecule has 0 heterocycles. The molecule has 0 aliphatic carbocycles. The quantitative estimate of drug-likeness (QED) is 0.584. The molecule has 0 bridgehead atoms. The van der Waals surface area contributed by atoms with Crippen LogP contribution in [0.25, 0.3) is 0 Å². The van der Waals surface area contributed by atoms with Gasteiger partial charge in [0.2, 0.25) is 0 Å². The van der Waals surface area contributed by atoms with E-state index in [1.807, 2.05) is 6.92 Å². The largest absolute Gasteiger partial charge is 0.393 e. The molecule has 1 heteroatoms. The minimum atomic E-state index is -0.119. The van der Waals surface area contributed by atoms with Crippen molar-refractivity contribution >= 4 is 0 Å². The average Bonchev–Trinajstić information content (AvgIpc) is 1.97. The van der Waals surface area contributed by atoms with Crippen LogP contribution in [-0.4, -0.2) is 11.2 Å². The molecular formula is C11H24O. The lowest BCUT2D eigenvalue weighted by molar-refractivity contribution is 0.161. The number of aliphatic hydroxyl groups is 1. The molecule has 2 unspecified atom stereocenters. The maximum Gasteiger partial charge on any atom is 0.0514 e. The molecule has 0 saturated heterocycles. The first kappa shape index (κ1) is 12.0. The monoisotopic (exact) mass is 172 g/mol. The zero-order valence-corrected chi connectivity index (χ0v) is 8.84. The predicted molar refractivity (Wildman–Crippen MR) is 54.2 cm³/mol. The Morgan fingerprint density at radius 2 is 1.75 bits per heavy atom. The first-order valence-corrected chi connectivity index (χ1v) is 5.34. The number of unbranched alkanes of at least 4 members (excludes halogenated alkanes) is 3. The molecule has 0 saturated carbocycles. The fourth-order valence-electron chi connectivity index (χ4n) is 1.62. The van der Waals surface area contributed by atoms with Crippen molar-refractivity contribution in [3.05, 3.63) is 0 Å². The molecule has 2 atom stereocenters. The summed E-state index contributed by atoms with van der Waals surface area (Å²) >= 11 is 0. The van der Waals surface area contributed by atoms with Gasteiger partial charge >= 0.3 is 0 Å². The van der Waals surface area contributed by atoms with Crippen LogP contribution in [0.4, 0.5) is 0 Å². The van der Waals surface area contributed by atoms with E-state index >= 15 is 0 Å². The molecule has 0 aromatic carbocycles. The Hall–Kier alpha value is -0.0400. The molecule has 0 spiro atoms. The molecule has 1 nitrogen and oxygen atoms in total. The van der Waals surface area contributed by atoms with Crippen molar-refractivity contribution in [1.29, 1.82) is 0 Å². The fraction of sp³-hybridized carbons (Fsp3) is 1.00. The minimum absolute atomic E-state index is 0.119. The van der Waals surface area contributed by atoms with Gasteiger partial charge in [0.05, 0.1) is 6.10 Å². The van der Waals surface area contributed by atoms with E-state index < -0.39 is 0 Å². The lowest BCUT2D eigenvalue weighted by Gasteiger charge is -2.12. The van der Waals surface area contributed by atoms with Crippen LogP contribution in [0, 0.1) is 5.92 Å². The second-order valence-corrected chi connectivity index (χ2v) is 4.04. The van der Waals surface area contributed by atoms with E-state index in [0.29, 0.717) is 5.92 Å². The van der Waals surface area contributed by atoms with Gasteiger partial charge < -0.3 is 5.11 Å². The van der Waals surface area contributed by atoms with Gasteiger partial charge in [-0.2, -0.15) is 0 Å². The molecule has 0 aromatic rings. The summed E-state index contributed by atoms with van der Waals surface area (Å²) < 4.78 is 0. The van der Waals surface area contributed by atoms with Crippen molar-refractivity contribution in [2.45, 2.75) is 65.4 Å². The zero-order chi connectivity index (χ0) is 9.40. The van der Waals surface area contributed by atoms with Gasteiger partial charge in [0, 0.05) is 0 Å². The van der Waals surface area contributed by atoms with E-state index in [-0.39, 0.29) is 6.10 Å². The standard InChI is InChI=1S/C11H24O/c1-4-5-6-7-8-10(2)9-11(3)12/h10-12H,4-9H2,1-3H3. The van der Waals surface area contributed by atoms with Crippen LogP contribution < -0.4 is 0 Å². The fourth-order valence-corrected chi connectivity index (χ4v) is 1.62. The highest BCUT2D eigenvalue weighted by molar-refractivity contribution is 4.57. The third kappa shape index (κ3) is 8.06. The highest BCUT2D eigenvalue weighted by atomic mass is 16.3. The van der Waals surface area contributed by atoms with Gasteiger partial charge in [-0.25, -0.2) is 0 Å². The molecule has 0 rings (SSSR count). The van der Waals surface area contributed by atoms with Gasteiger partial charge in [0.1, 0.15) is 0 Å². The average molecular weight is 172 g/mol. The van der Waals surface area contributed by atoms with Crippen molar-refractivity contribution < 1.29 is 5.11 Å². The SMILES string of the molecule is CCCCCCC(C)CC(C)O. The summed E-state index contributed by atoms with van der Waals surface area (Å²) in [6.07, 6.45) is 7.50. The van der Waals surface area contributed by atoms with Crippen LogP contribution in [0.5, 0.6) is 0 Å². The maximum absolute atomic E-state index is 9.13. The summed E-state index contributed by atoms with van der Waals surface area (Å²) in [5.74, 6) is 0.696. The van der Waals surface area contributed by atoms with Crippen LogP contribution in [0.3, 0.4) is 0 Å². The number of rotatable bonds is 7. The second kappa shape index (κ2) is 7.60. The minimum Gasteiger partial charge on any atom is -0.393 e. The Morgan fingerprint density at radius 1 is 1.08 bits per heavy atom. The summed E-state index contributed by atoms with van der Waals surface area (Å²) in [5.41, 5.74) is 0. The van der Waals surface area contributed by atoms with Crippen LogP contribution in [0.15, 0.2) is 0 Å². The van der Waals surface area contributed by atoms with Crippen LogP contribution >= 0.6 is 0 Å². The van der Waals surface area contributed by atoms with Crippen molar-refractivity contribution in [2.75, 3.05) is 0 Å². The molecular weight excluding hydrogens is 148 g/mol. The van der Waals surface area contributed by atoms with E-state index in [1.54, 1.807) is 0 Å². The van der Waals surface area contributed by atoms with E-state index in [2.05, 4.69) is 13.8 Å². The smallest absolute Gasteiger partial charge is 0.0514 e. The number of hydrogen-bond acceptors (Lipinski definition) is 1. The summed E-state index contributed by atoms with van der Waals surface area (Å²) in [6, 6.07) is 0. The van der Waals surface area contributed by atoms with Crippen molar-refractivity contribution in [1.82, 2.24) is 0 Å². The van der Waals surface area contributed by atoms with E-state index in [4.69, 9.17) is 5.11 Å². The molecule has 0 radical (unpaired) electrons. The normalized spacial score (nSPS) is 16.0. The molecule has 0 fully saturated rings. The summed E-state index contributed by atoms with van der Waals surface area (Å²) in [5, 5.41) is 9.13. The number of hydrogen-bond donors (Lipinski definition) is 1. The van der Waals surface area contributed by atoms with Crippen LogP contribution in [0.1, 0.15) is 59.3 Å². The Labute approximate surface area is 77.2 Å². The van der Waals surface area contributed by atoms with Gasteiger partial charge in [-0.15, -0.1) is 0 Å². The maximum atomic E-state index is 9.13. The first-order valence-electron chi connectivity index (χ1n) is 5.34. The highest BCUT2D eigenvalue weighted by Gasteiger charge is 2.04. The molecule has 12 heavy (non-hydrogen) atoms. The molecule has 0 aromatic heterocycles. The number of aliphatic hydroxyl groups excluding tert-OH is 1. The van der Waals surface area contributed by atoms with Crippen molar-refractivity contribution in [3.8, 4) is 0 Å². The molecule has 0 amide bonds. The van der Waals surface area contributed by atoms with Gasteiger partial charge in [-0.05, 0) is 19.3 Å². The van der Waals surface area contributed by atoms with Crippen molar-refractivity contribution in [3.63, 3.8) is 0 Å². The highest BCUT2D eigenvalue weighted by Crippen LogP contribution is 2.15. The van der Waals surface area contributed by atoms with E-state index in [1.165, 1.54) is 32.1 Å². The molecule has 0 aliphatic rings. The third-order valence-electron chi connectivity index (χ3n) is 2.29. The summed E-state index contributed by atoms with van der Waals surface area (Å²) in [4.78, 5) is 0. The van der Waals surface area contributed by atoms with E-state index in [9.17, 15) is 0 Å². The Morgan fingerprint density at radius 3 is 2.25 bits per heavy atom. The Bertz CT molecular complexity index is 89.0. The second-order valence-electron chi connectivity index (χ2n) is 4.04. The Balaban J connectivity index is 3.14. The molecule has 1 N–H and O–H groups in total. The van der Waals surface area contributed by atoms with Crippen LogP contribution in [-0.2, 0) is 0 Å². The van der Waals surface area contributed by atoms with Crippen LogP contribution in [0.2, 0.25) is 0 Å². The van der Waals surface area contributed by atoms with Gasteiger partial charge in [-0.1, -0.05) is 46.0 Å². The molecule has 0 aliphatic heterocycles. The molecule has 74 valence electrons. The topological polar surface area (TPSA) is 20.2 Å². The van der Waals surface area contributed by atoms with Gasteiger partial charge in [0.15, 0.2) is 0 Å². The van der Waals surface area contributed by atoms with Crippen molar-refractivity contribution in [2.24, 2.45) is 5.92 Å². The third-order valence-corrected chi connectivity index (χ3v) is 2.29. The van der Waals surface area contributed by atoms with E-state index in [0.717, 1.165) is 6.42 Å². The summed E-state index contributed by atoms with van der Waals surface area (Å²) in [7, 11) is 0. The first-order chi connectivity index (χ1) is 5.66. The van der Waals surface area contributed by atoms with Gasteiger partial charge in [0.25, 0.3) is 0 Å². The summed E-state index contributed by atoms with van der Waals surface area (Å²) in [6.45, 7) is 6.35.